The second-order valence-electron chi connectivity index (χ2n) is 9.69. The predicted molar refractivity (Wildman–Crippen MR) is 165 cm³/mol. The van der Waals surface area contributed by atoms with Gasteiger partial charge in [-0.05, 0) is 63.5 Å². The minimum atomic E-state index is -0.286. The van der Waals surface area contributed by atoms with E-state index in [-0.39, 0.29) is 18.3 Å². The largest absolute Gasteiger partial charge is 0.488 e. The first-order valence-electron chi connectivity index (χ1n) is 13.4. The molecule has 41 heavy (non-hydrogen) atoms. The zero-order valence-electron chi connectivity index (χ0n) is 22.2. The quantitative estimate of drug-likeness (QED) is 0.180. The number of amidine groups is 1. The first-order valence-corrected chi connectivity index (χ1v) is 14.2. The van der Waals surface area contributed by atoms with Gasteiger partial charge in [0.1, 0.15) is 18.2 Å². The summed E-state index contributed by atoms with van der Waals surface area (Å²) in [6, 6.07) is 38.2. The Bertz CT molecular complexity index is 1740. The molecular weight excluding hydrogens is 531 g/mol. The summed E-state index contributed by atoms with van der Waals surface area (Å²) in [5, 5.41) is 2.69. The normalized spacial score (nSPS) is 15.2. The van der Waals surface area contributed by atoms with E-state index in [4.69, 9.17) is 9.73 Å². The third kappa shape index (κ3) is 6.23. The molecular formula is C35H27FN2O2S. The second kappa shape index (κ2) is 12.2. The molecule has 1 fully saturated rings. The van der Waals surface area contributed by atoms with Gasteiger partial charge in [0.15, 0.2) is 5.17 Å². The molecule has 0 bridgehead atoms. The van der Waals surface area contributed by atoms with E-state index in [1.165, 1.54) is 23.9 Å². The van der Waals surface area contributed by atoms with Crippen molar-refractivity contribution in [2.24, 2.45) is 4.99 Å². The average molecular weight is 559 g/mol. The van der Waals surface area contributed by atoms with Crippen LogP contribution in [0.1, 0.15) is 22.3 Å². The third-order valence-electron chi connectivity index (χ3n) is 6.83. The number of halogens is 1. The van der Waals surface area contributed by atoms with Gasteiger partial charge < -0.3 is 4.74 Å². The van der Waals surface area contributed by atoms with Crippen molar-refractivity contribution in [3.63, 3.8) is 0 Å². The molecule has 1 aliphatic heterocycles. The van der Waals surface area contributed by atoms with Crippen LogP contribution in [-0.2, 0) is 24.5 Å². The lowest BCUT2D eigenvalue weighted by atomic mass is 10.0. The maximum atomic E-state index is 13.9. The molecule has 6 rings (SSSR count). The third-order valence-corrected chi connectivity index (χ3v) is 7.87. The van der Waals surface area contributed by atoms with Crippen molar-refractivity contribution in [1.29, 1.82) is 0 Å². The van der Waals surface area contributed by atoms with E-state index >= 15 is 0 Å². The van der Waals surface area contributed by atoms with Crippen LogP contribution in [0.25, 0.3) is 16.8 Å². The van der Waals surface area contributed by atoms with Crippen LogP contribution in [0.15, 0.2) is 131 Å². The Morgan fingerprint density at radius 3 is 2.20 bits per heavy atom. The van der Waals surface area contributed by atoms with Crippen molar-refractivity contribution >= 4 is 39.7 Å². The summed E-state index contributed by atoms with van der Waals surface area (Å²) in [7, 11) is 0. The molecule has 6 heteroatoms. The number of carbonyl (C=O) groups excluding carboxylic acids is 1. The highest BCUT2D eigenvalue weighted by atomic mass is 32.2. The lowest BCUT2D eigenvalue weighted by Crippen LogP contribution is -2.28. The summed E-state index contributed by atoms with van der Waals surface area (Å²) >= 11 is 1.38. The fraction of sp³-hybridized carbons (Fsp3) is 0.0857. The van der Waals surface area contributed by atoms with Crippen LogP contribution < -0.4 is 4.74 Å². The van der Waals surface area contributed by atoms with Crippen LogP contribution in [0.4, 0.5) is 4.39 Å². The van der Waals surface area contributed by atoms with Crippen LogP contribution in [0.3, 0.4) is 0 Å². The summed E-state index contributed by atoms with van der Waals surface area (Å²) in [4.78, 5) is 21.1. The molecule has 0 unspecified atom stereocenters. The first-order chi connectivity index (χ1) is 20.1. The fourth-order valence-corrected chi connectivity index (χ4v) is 5.65. The number of carbonyl (C=O) groups is 1. The summed E-state index contributed by atoms with van der Waals surface area (Å²) in [6.45, 7) is 1.19. The molecule has 1 heterocycles. The van der Waals surface area contributed by atoms with Crippen molar-refractivity contribution in [2.75, 3.05) is 0 Å². The molecule has 1 aliphatic rings. The Morgan fingerprint density at radius 1 is 0.756 bits per heavy atom. The molecule has 0 atom stereocenters. The van der Waals surface area contributed by atoms with Crippen molar-refractivity contribution < 1.29 is 13.9 Å². The van der Waals surface area contributed by atoms with Gasteiger partial charge >= 0.3 is 0 Å². The number of aliphatic imine (C=N–C) groups is 1. The van der Waals surface area contributed by atoms with Gasteiger partial charge in [-0.25, -0.2) is 4.39 Å². The Hall–Kier alpha value is -4.68. The highest BCUT2D eigenvalue weighted by molar-refractivity contribution is 8.18. The van der Waals surface area contributed by atoms with E-state index in [0.717, 1.165) is 33.0 Å². The van der Waals surface area contributed by atoms with Gasteiger partial charge in [0.25, 0.3) is 5.91 Å². The summed E-state index contributed by atoms with van der Waals surface area (Å²) < 4.78 is 19.6. The summed E-state index contributed by atoms with van der Waals surface area (Å²) in [5.74, 6) is 0.271. The maximum Gasteiger partial charge on any atom is 0.267 e. The molecule has 0 aromatic heterocycles. The molecule has 5 aromatic rings. The predicted octanol–water partition coefficient (Wildman–Crippen LogP) is 8.23. The van der Waals surface area contributed by atoms with Crippen molar-refractivity contribution in [1.82, 2.24) is 4.90 Å². The van der Waals surface area contributed by atoms with Crippen molar-refractivity contribution in [3.05, 3.63) is 154 Å². The van der Waals surface area contributed by atoms with Gasteiger partial charge in [0.2, 0.25) is 0 Å². The molecule has 202 valence electrons. The molecule has 0 spiro atoms. The highest BCUT2D eigenvalue weighted by Crippen LogP contribution is 2.38. The molecule has 0 N–H and O–H groups in total. The first kappa shape index (κ1) is 26.5. The number of hydrogen-bond acceptors (Lipinski definition) is 4. The van der Waals surface area contributed by atoms with Crippen LogP contribution in [0.2, 0.25) is 0 Å². The lowest BCUT2D eigenvalue weighted by Gasteiger charge is -2.16. The van der Waals surface area contributed by atoms with Crippen LogP contribution >= 0.6 is 11.8 Å². The number of hydrogen-bond donors (Lipinski definition) is 0. The zero-order valence-corrected chi connectivity index (χ0v) is 23.1. The maximum absolute atomic E-state index is 13.9. The minimum absolute atomic E-state index is 0.0944. The monoisotopic (exact) mass is 558 g/mol. The van der Waals surface area contributed by atoms with Crippen LogP contribution in [0, 0.1) is 5.82 Å². The summed E-state index contributed by atoms with van der Waals surface area (Å²) in [5.41, 5.74) is 3.79. The van der Waals surface area contributed by atoms with Crippen LogP contribution in [-0.4, -0.2) is 16.0 Å². The Balaban J connectivity index is 1.36. The fourth-order valence-electron chi connectivity index (χ4n) is 4.70. The van der Waals surface area contributed by atoms with Gasteiger partial charge in [0.05, 0.1) is 18.0 Å². The zero-order chi connectivity index (χ0) is 28.0. The number of benzene rings is 5. The smallest absolute Gasteiger partial charge is 0.267 e. The van der Waals surface area contributed by atoms with E-state index in [2.05, 4.69) is 0 Å². The average Bonchev–Trinajstić information content (AvgIpc) is 3.30. The molecule has 1 amide bonds. The Morgan fingerprint density at radius 2 is 1.44 bits per heavy atom. The molecule has 0 saturated carbocycles. The molecule has 0 radical (unpaired) electrons. The molecule has 0 aliphatic carbocycles. The SMILES string of the molecule is O=C1/C(=C\c2c(OCc3ccc(F)cc3)ccc3ccccc23)SC(=NCc2ccccc2)N1Cc1ccccc1. The van der Waals surface area contributed by atoms with Gasteiger partial charge in [-0.2, -0.15) is 0 Å². The number of amides is 1. The number of rotatable bonds is 8. The molecule has 5 aromatic carbocycles. The van der Waals surface area contributed by atoms with E-state index < -0.39 is 0 Å². The van der Waals surface area contributed by atoms with Gasteiger partial charge in [-0.1, -0.05) is 103 Å². The Labute approximate surface area is 242 Å². The summed E-state index contributed by atoms with van der Waals surface area (Å²) in [6.07, 6.45) is 1.92. The van der Waals surface area contributed by atoms with Crippen LogP contribution in [0.5, 0.6) is 5.75 Å². The van der Waals surface area contributed by atoms with E-state index in [1.54, 1.807) is 17.0 Å². The van der Waals surface area contributed by atoms with E-state index in [0.29, 0.717) is 28.9 Å². The topological polar surface area (TPSA) is 41.9 Å². The molecule has 4 nitrogen and oxygen atoms in total. The van der Waals surface area contributed by atoms with Gasteiger partial charge in [-0.15, -0.1) is 0 Å². The number of thioether (sulfide) groups is 1. The molecule has 1 saturated heterocycles. The highest BCUT2D eigenvalue weighted by Gasteiger charge is 2.33. The standard InChI is InChI=1S/C35H27FN2O2S/c36-29-18-15-27(16-19-29)24-40-32-20-17-28-13-7-8-14-30(28)31(32)21-33-34(39)38(23-26-11-5-2-6-12-26)35(41-33)37-22-25-9-3-1-4-10-25/h1-21H,22-24H2/b33-21+,37-35?. The van der Waals surface area contributed by atoms with E-state index in [1.807, 2.05) is 103 Å². The number of nitrogens with zero attached hydrogens (tertiary/aromatic N) is 2. The van der Waals surface area contributed by atoms with Crippen molar-refractivity contribution in [3.8, 4) is 5.75 Å². The van der Waals surface area contributed by atoms with Crippen molar-refractivity contribution in [2.45, 2.75) is 19.7 Å². The van der Waals surface area contributed by atoms with Gasteiger partial charge in [-0.3, -0.25) is 14.7 Å². The lowest BCUT2D eigenvalue weighted by molar-refractivity contribution is -0.122. The second-order valence-corrected chi connectivity index (χ2v) is 10.7. The Kier molecular flexibility index (Phi) is 7.92. The number of fused-ring (bicyclic) bond motifs is 1. The minimum Gasteiger partial charge on any atom is -0.488 e. The van der Waals surface area contributed by atoms with Gasteiger partial charge in [0, 0.05) is 5.56 Å². The van der Waals surface area contributed by atoms with E-state index in [9.17, 15) is 9.18 Å². The number of ether oxygens (including phenoxy) is 1.